The molecule has 8 heteroatoms. The lowest BCUT2D eigenvalue weighted by molar-refractivity contribution is -0.138. The molecule has 2 amide bonds. The summed E-state index contributed by atoms with van der Waals surface area (Å²) in [5.41, 5.74) is 1.20. The molecule has 0 spiro atoms. The topological polar surface area (TPSA) is 79.5 Å². The number of rotatable bonds is 4. The zero-order valence-corrected chi connectivity index (χ0v) is 19.3. The van der Waals surface area contributed by atoms with E-state index in [1.165, 1.54) is 18.2 Å². The molecule has 2 fully saturated rings. The van der Waals surface area contributed by atoms with Crippen molar-refractivity contribution in [1.29, 1.82) is 0 Å². The zero-order valence-electron chi connectivity index (χ0n) is 18.5. The molecule has 31 heavy (non-hydrogen) atoms. The van der Waals surface area contributed by atoms with Crippen molar-refractivity contribution in [3.05, 3.63) is 29.7 Å². The first-order valence-electron chi connectivity index (χ1n) is 11.0. The van der Waals surface area contributed by atoms with Gasteiger partial charge in [0, 0.05) is 32.1 Å². The molecule has 4 heterocycles. The molecular weight excluding hydrogens is 412 g/mol. The molecule has 2 saturated heterocycles. The van der Waals surface area contributed by atoms with Gasteiger partial charge in [0.05, 0.1) is 17.5 Å². The van der Waals surface area contributed by atoms with Gasteiger partial charge in [0.1, 0.15) is 5.03 Å². The van der Waals surface area contributed by atoms with Crippen LogP contribution in [0.5, 0.6) is 0 Å². The minimum absolute atomic E-state index is 0.0213. The maximum atomic E-state index is 13.3. The predicted octanol–water partition coefficient (Wildman–Crippen LogP) is 3.88. The first-order valence-corrected chi connectivity index (χ1v) is 12.2. The Hall–Kier alpha value is -2.35. The van der Waals surface area contributed by atoms with E-state index in [-0.39, 0.29) is 17.7 Å². The highest BCUT2D eigenvalue weighted by atomic mass is 32.2. The van der Waals surface area contributed by atoms with Gasteiger partial charge < -0.3 is 14.2 Å². The first-order chi connectivity index (χ1) is 15.0. The van der Waals surface area contributed by atoms with Gasteiger partial charge in [-0.15, -0.1) is 11.8 Å². The van der Waals surface area contributed by atoms with E-state index >= 15 is 0 Å². The summed E-state index contributed by atoms with van der Waals surface area (Å²) < 4.78 is 5.42. The summed E-state index contributed by atoms with van der Waals surface area (Å²) >= 11 is 1.44. The maximum absolute atomic E-state index is 13.3. The van der Waals surface area contributed by atoms with Gasteiger partial charge >= 0.3 is 0 Å². The number of aryl methyl sites for hydroxylation is 1. The zero-order chi connectivity index (χ0) is 22.0. The summed E-state index contributed by atoms with van der Waals surface area (Å²) in [5.74, 6) is 1.90. The number of likely N-dealkylation sites (tertiary alicyclic amines) is 2. The molecule has 2 aromatic rings. The van der Waals surface area contributed by atoms with Gasteiger partial charge in [-0.25, -0.2) is 9.97 Å². The average Bonchev–Trinajstić information content (AvgIpc) is 3.33. The van der Waals surface area contributed by atoms with Crippen LogP contribution in [0.15, 0.2) is 27.8 Å². The molecule has 1 unspecified atom stereocenters. The number of hydrogen-bond acceptors (Lipinski definition) is 6. The van der Waals surface area contributed by atoms with Gasteiger partial charge in [0.15, 0.2) is 11.6 Å². The smallest absolute Gasteiger partial charge is 0.258 e. The quantitative estimate of drug-likeness (QED) is 0.528. The molecule has 0 bridgehead atoms. The van der Waals surface area contributed by atoms with Crippen molar-refractivity contribution in [2.24, 2.45) is 11.8 Å². The van der Waals surface area contributed by atoms with Crippen LogP contribution in [0, 0.1) is 18.8 Å². The van der Waals surface area contributed by atoms with Gasteiger partial charge in [-0.2, -0.15) is 0 Å². The lowest BCUT2D eigenvalue weighted by atomic mass is 9.92. The fraction of sp³-hybridized carbons (Fsp3) is 0.565. The number of carbonyl (C=O) groups is 2. The third-order valence-corrected chi connectivity index (χ3v) is 6.99. The summed E-state index contributed by atoms with van der Waals surface area (Å²) in [6, 6.07) is 3.60. The number of hydrogen-bond donors (Lipinski definition) is 0. The second-order valence-electron chi connectivity index (χ2n) is 8.59. The number of furan rings is 1. The van der Waals surface area contributed by atoms with Gasteiger partial charge in [0.25, 0.3) is 5.91 Å². The van der Waals surface area contributed by atoms with Gasteiger partial charge in [-0.1, -0.05) is 6.92 Å². The Morgan fingerprint density at radius 3 is 2.55 bits per heavy atom. The van der Waals surface area contributed by atoms with E-state index in [0.717, 1.165) is 19.5 Å². The number of aromatic nitrogens is 2. The Kier molecular flexibility index (Phi) is 6.65. The second-order valence-corrected chi connectivity index (χ2v) is 9.39. The third-order valence-electron chi connectivity index (χ3n) is 6.31. The van der Waals surface area contributed by atoms with E-state index in [9.17, 15) is 9.59 Å². The van der Waals surface area contributed by atoms with E-state index in [2.05, 4.69) is 16.9 Å². The molecule has 1 atom stereocenters. The summed E-state index contributed by atoms with van der Waals surface area (Å²) in [4.78, 5) is 39.3. The van der Waals surface area contributed by atoms with Gasteiger partial charge in [-0.3, -0.25) is 9.59 Å². The molecule has 166 valence electrons. The molecule has 4 rings (SSSR count). The number of thioether (sulfide) groups is 1. The molecule has 0 aliphatic carbocycles. The molecular formula is C23H30N4O3S. The highest BCUT2D eigenvalue weighted by Crippen LogP contribution is 2.29. The number of nitrogens with zero attached hydrogens (tertiary/aromatic N) is 4. The summed E-state index contributed by atoms with van der Waals surface area (Å²) in [5, 5.41) is 0.657. The van der Waals surface area contributed by atoms with E-state index in [1.54, 1.807) is 12.3 Å². The van der Waals surface area contributed by atoms with Crippen molar-refractivity contribution >= 4 is 23.6 Å². The van der Waals surface area contributed by atoms with Crippen LogP contribution in [0.25, 0.3) is 11.6 Å². The van der Waals surface area contributed by atoms with Crippen LogP contribution in [0.1, 0.15) is 48.7 Å². The average molecular weight is 443 g/mol. The van der Waals surface area contributed by atoms with Crippen LogP contribution in [0.4, 0.5) is 0 Å². The Labute approximate surface area is 187 Å². The maximum Gasteiger partial charge on any atom is 0.258 e. The first kappa shape index (κ1) is 21.9. The van der Waals surface area contributed by atoms with Crippen LogP contribution in [-0.2, 0) is 4.79 Å². The van der Waals surface area contributed by atoms with Crippen LogP contribution in [-0.4, -0.2) is 64.0 Å². The van der Waals surface area contributed by atoms with E-state index in [0.29, 0.717) is 59.7 Å². The molecule has 0 radical (unpaired) electrons. The molecule has 0 aromatic carbocycles. The van der Waals surface area contributed by atoms with Crippen LogP contribution in [0.2, 0.25) is 0 Å². The Bertz CT molecular complexity index is 939. The molecule has 2 aliphatic heterocycles. The third kappa shape index (κ3) is 4.63. The standard InChI is InChI=1S/C23H30N4O3S/c1-15-6-4-10-27(14-15)22(28)17-8-11-26(12-9-17)23(29)19-16(2)24-20(25-21(19)31-3)18-7-5-13-30-18/h5,7,13,15,17H,4,6,8-12,14H2,1-3H3. The van der Waals surface area contributed by atoms with Gasteiger partial charge in [-0.05, 0) is 56.9 Å². The molecule has 0 N–H and O–H groups in total. The number of carbonyl (C=O) groups excluding carboxylic acids is 2. The highest BCUT2D eigenvalue weighted by molar-refractivity contribution is 7.98. The molecule has 7 nitrogen and oxygen atoms in total. The van der Waals surface area contributed by atoms with Crippen LogP contribution >= 0.6 is 11.8 Å². The van der Waals surface area contributed by atoms with Crippen molar-refractivity contribution in [1.82, 2.24) is 19.8 Å². The number of amides is 2. The van der Waals surface area contributed by atoms with Crippen LogP contribution in [0.3, 0.4) is 0 Å². The lowest BCUT2D eigenvalue weighted by Crippen LogP contribution is -2.47. The highest BCUT2D eigenvalue weighted by Gasteiger charge is 2.33. The van der Waals surface area contributed by atoms with Crippen molar-refractivity contribution in [2.75, 3.05) is 32.4 Å². The predicted molar refractivity (Wildman–Crippen MR) is 120 cm³/mol. The summed E-state index contributed by atoms with van der Waals surface area (Å²) in [6.45, 7) is 6.98. The minimum Gasteiger partial charge on any atom is -0.461 e. The largest absolute Gasteiger partial charge is 0.461 e. The van der Waals surface area contributed by atoms with Crippen LogP contribution < -0.4 is 0 Å². The normalized spacial score (nSPS) is 20.2. The van der Waals surface area contributed by atoms with Crippen molar-refractivity contribution in [3.63, 3.8) is 0 Å². The molecule has 2 aliphatic rings. The number of piperidine rings is 2. The van der Waals surface area contributed by atoms with E-state index in [1.807, 2.05) is 29.0 Å². The second kappa shape index (κ2) is 9.42. The SMILES string of the molecule is CSc1nc(-c2ccco2)nc(C)c1C(=O)N1CCC(C(=O)N2CCCC(C)C2)CC1. The minimum atomic E-state index is -0.0506. The Morgan fingerprint density at radius 2 is 1.90 bits per heavy atom. The summed E-state index contributed by atoms with van der Waals surface area (Å²) in [7, 11) is 0. The van der Waals surface area contributed by atoms with Crippen molar-refractivity contribution in [2.45, 2.75) is 44.6 Å². The fourth-order valence-electron chi connectivity index (χ4n) is 4.59. The summed E-state index contributed by atoms with van der Waals surface area (Å²) in [6.07, 6.45) is 7.23. The van der Waals surface area contributed by atoms with Gasteiger partial charge in [0.2, 0.25) is 5.91 Å². The monoisotopic (exact) mass is 442 g/mol. The Balaban J connectivity index is 1.44. The molecule has 0 saturated carbocycles. The fourth-order valence-corrected chi connectivity index (χ4v) is 5.21. The molecule has 2 aromatic heterocycles. The van der Waals surface area contributed by atoms with E-state index < -0.39 is 0 Å². The van der Waals surface area contributed by atoms with Crippen molar-refractivity contribution < 1.29 is 14.0 Å². The van der Waals surface area contributed by atoms with E-state index in [4.69, 9.17) is 4.42 Å². The Morgan fingerprint density at radius 1 is 1.13 bits per heavy atom. The van der Waals surface area contributed by atoms with Crippen molar-refractivity contribution in [3.8, 4) is 11.6 Å². The lowest BCUT2D eigenvalue weighted by Gasteiger charge is -2.37.